The van der Waals surface area contributed by atoms with Crippen molar-refractivity contribution < 1.29 is 9.90 Å². The van der Waals surface area contributed by atoms with Crippen molar-refractivity contribution in [1.29, 1.82) is 0 Å². The Labute approximate surface area is 105 Å². The first-order valence-electron chi connectivity index (χ1n) is 6.29. The average Bonchev–Trinajstić information content (AvgIpc) is 2.87. The summed E-state index contributed by atoms with van der Waals surface area (Å²) in [4.78, 5) is 15.7. The number of para-hydroxylation sites is 1. The number of carboxylic acid groups (broad SMARTS) is 1. The van der Waals surface area contributed by atoms with E-state index in [0.717, 1.165) is 12.8 Å². The molecule has 1 aromatic carbocycles. The molecule has 1 aliphatic heterocycles. The van der Waals surface area contributed by atoms with E-state index in [1.165, 1.54) is 21.4 Å². The van der Waals surface area contributed by atoms with Crippen molar-refractivity contribution in [3.05, 3.63) is 36.0 Å². The second-order valence-corrected chi connectivity index (χ2v) is 4.83. The Kier molecular flexibility index (Phi) is 2.70. The lowest BCUT2D eigenvalue weighted by molar-refractivity contribution is 0.132. The van der Waals surface area contributed by atoms with Crippen LogP contribution in [0.2, 0.25) is 0 Å². The van der Waals surface area contributed by atoms with Crippen LogP contribution in [-0.2, 0) is 0 Å². The normalized spacial score (nSPS) is 17.2. The molecule has 1 saturated heterocycles. The van der Waals surface area contributed by atoms with Gasteiger partial charge in [-0.15, -0.1) is 0 Å². The van der Waals surface area contributed by atoms with Crippen molar-refractivity contribution in [1.82, 2.24) is 9.88 Å². The predicted octanol–water partition coefficient (Wildman–Crippen LogP) is 3.03. The van der Waals surface area contributed by atoms with E-state index in [1.807, 2.05) is 6.20 Å². The van der Waals surface area contributed by atoms with Crippen LogP contribution in [0.4, 0.5) is 4.79 Å². The molecule has 0 aliphatic carbocycles. The van der Waals surface area contributed by atoms with Gasteiger partial charge < -0.3 is 15.0 Å². The molecule has 0 saturated carbocycles. The SMILES string of the molecule is O=C(O)N1CCC(c2cccc3cc[nH]c23)CC1. The molecule has 3 rings (SSSR count). The number of benzene rings is 1. The lowest BCUT2D eigenvalue weighted by Crippen LogP contribution is -2.36. The number of fused-ring (bicyclic) bond motifs is 1. The molecule has 0 unspecified atom stereocenters. The zero-order valence-corrected chi connectivity index (χ0v) is 10.1. The highest BCUT2D eigenvalue weighted by Gasteiger charge is 2.24. The maximum absolute atomic E-state index is 10.9. The van der Waals surface area contributed by atoms with Gasteiger partial charge in [-0.05, 0) is 35.8 Å². The molecule has 0 bridgehead atoms. The van der Waals surface area contributed by atoms with Crippen molar-refractivity contribution in [2.24, 2.45) is 0 Å². The van der Waals surface area contributed by atoms with Gasteiger partial charge in [0.05, 0.1) is 0 Å². The summed E-state index contributed by atoms with van der Waals surface area (Å²) in [6, 6.07) is 8.40. The molecule has 0 spiro atoms. The lowest BCUT2D eigenvalue weighted by Gasteiger charge is -2.30. The van der Waals surface area contributed by atoms with E-state index in [1.54, 1.807) is 0 Å². The first-order chi connectivity index (χ1) is 8.75. The first kappa shape index (κ1) is 11.1. The predicted molar refractivity (Wildman–Crippen MR) is 69.9 cm³/mol. The van der Waals surface area contributed by atoms with Gasteiger partial charge in [-0.1, -0.05) is 18.2 Å². The number of carbonyl (C=O) groups is 1. The van der Waals surface area contributed by atoms with Crippen molar-refractivity contribution >= 4 is 17.0 Å². The third-order valence-electron chi connectivity index (χ3n) is 3.82. The number of piperidine rings is 1. The number of H-pyrrole nitrogens is 1. The van der Waals surface area contributed by atoms with E-state index in [9.17, 15) is 4.79 Å². The Morgan fingerprint density at radius 1 is 1.28 bits per heavy atom. The van der Waals surface area contributed by atoms with E-state index in [-0.39, 0.29) is 0 Å². The maximum Gasteiger partial charge on any atom is 0.407 e. The second-order valence-electron chi connectivity index (χ2n) is 4.83. The molecule has 1 aromatic heterocycles. The molecule has 2 N–H and O–H groups in total. The molecule has 2 aromatic rings. The first-order valence-corrected chi connectivity index (χ1v) is 6.29. The molecule has 1 amide bonds. The van der Waals surface area contributed by atoms with E-state index >= 15 is 0 Å². The van der Waals surface area contributed by atoms with Gasteiger partial charge in [0.2, 0.25) is 0 Å². The number of rotatable bonds is 1. The molecular formula is C14H16N2O2. The Morgan fingerprint density at radius 2 is 2.06 bits per heavy atom. The zero-order valence-electron chi connectivity index (χ0n) is 10.1. The van der Waals surface area contributed by atoms with Crippen LogP contribution in [0.25, 0.3) is 10.9 Å². The highest BCUT2D eigenvalue weighted by atomic mass is 16.4. The summed E-state index contributed by atoms with van der Waals surface area (Å²) >= 11 is 0. The molecule has 2 heterocycles. The number of hydrogen-bond acceptors (Lipinski definition) is 1. The smallest absolute Gasteiger partial charge is 0.407 e. The highest BCUT2D eigenvalue weighted by Crippen LogP contribution is 2.32. The van der Waals surface area contributed by atoms with Gasteiger partial charge in [0.15, 0.2) is 0 Å². The number of amides is 1. The highest BCUT2D eigenvalue weighted by molar-refractivity contribution is 5.83. The van der Waals surface area contributed by atoms with Crippen LogP contribution >= 0.6 is 0 Å². The number of aromatic amines is 1. The number of likely N-dealkylation sites (tertiary alicyclic amines) is 1. The largest absolute Gasteiger partial charge is 0.465 e. The summed E-state index contributed by atoms with van der Waals surface area (Å²) in [5, 5.41) is 10.2. The minimum Gasteiger partial charge on any atom is -0.465 e. The fourth-order valence-corrected chi connectivity index (χ4v) is 2.83. The molecule has 0 atom stereocenters. The van der Waals surface area contributed by atoms with Gasteiger partial charge in [-0.3, -0.25) is 0 Å². The Bertz CT molecular complexity index is 568. The summed E-state index contributed by atoms with van der Waals surface area (Å²) in [6.07, 6.45) is 2.97. The van der Waals surface area contributed by atoms with Gasteiger partial charge in [-0.25, -0.2) is 4.79 Å². The van der Waals surface area contributed by atoms with Crippen LogP contribution in [0.1, 0.15) is 24.3 Å². The van der Waals surface area contributed by atoms with Crippen LogP contribution in [0.5, 0.6) is 0 Å². The minimum atomic E-state index is -0.800. The molecule has 1 fully saturated rings. The third kappa shape index (κ3) is 1.83. The van der Waals surface area contributed by atoms with E-state index < -0.39 is 6.09 Å². The fraction of sp³-hybridized carbons (Fsp3) is 0.357. The quantitative estimate of drug-likeness (QED) is 0.810. The van der Waals surface area contributed by atoms with Gasteiger partial charge >= 0.3 is 6.09 Å². The summed E-state index contributed by atoms with van der Waals surface area (Å²) in [5.74, 6) is 0.461. The minimum absolute atomic E-state index is 0.461. The molecule has 0 radical (unpaired) electrons. The van der Waals surface area contributed by atoms with Gasteiger partial charge in [0.25, 0.3) is 0 Å². The van der Waals surface area contributed by atoms with E-state index in [0.29, 0.717) is 19.0 Å². The fourth-order valence-electron chi connectivity index (χ4n) is 2.83. The van der Waals surface area contributed by atoms with E-state index in [2.05, 4.69) is 29.2 Å². The summed E-state index contributed by atoms with van der Waals surface area (Å²) in [7, 11) is 0. The van der Waals surface area contributed by atoms with Crippen LogP contribution in [-0.4, -0.2) is 34.2 Å². The molecule has 4 heteroatoms. The van der Waals surface area contributed by atoms with E-state index in [4.69, 9.17) is 5.11 Å². The standard InChI is InChI=1S/C14H16N2O2/c17-14(18)16-8-5-10(6-9-16)12-3-1-2-11-4-7-15-13(11)12/h1-4,7,10,15H,5-6,8-9H2,(H,17,18). The Hall–Kier alpha value is -1.97. The van der Waals surface area contributed by atoms with Crippen LogP contribution in [0.3, 0.4) is 0 Å². The third-order valence-corrected chi connectivity index (χ3v) is 3.82. The average molecular weight is 244 g/mol. The van der Waals surface area contributed by atoms with Gasteiger partial charge in [0, 0.05) is 24.8 Å². The second kappa shape index (κ2) is 4.37. The molecule has 1 aliphatic rings. The molecule has 4 nitrogen and oxygen atoms in total. The summed E-state index contributed by atoms with van der Waals surface area (Å²) in [6.45, 7) is 1.27. The number of hydrogen-bond donors (Lipinski definition) is 2. The summed E-state index contributed by atoms with van der Waals surface area (Å²) in [5.41, 5.74) is 2.52. The zero-order chi connectivity index (χ0) is 12.5. The molecule has 18 heavy (non-hydrogen) atoms. The van der Waals surface area contributed by atoms with Crippen molar-refractivity contribution in [2.75, 3.05) is 13.1 Å². The van der Waals surface area contributed by atoms with Gasteiger partial charge in [0.1, 0.15) is 0 Å². The van der Waals surface area contributed by atoms with Crippen LogP contribution < -0.4 is 0 Å². The van der Waals surface area contributed by atoms with Crippen LogP contribution in [0.15, 0.2) is 30.5 Å². The number of aromatic nitrogens is 1. The molecular weight excluding hydrogens is 228 g/mol. The summed E-state index contributed by atoms with van der Waals surface area (Å²) < 4.78 is 0. The maximum atomic E-state index is 10.9. The number of nitrogens with one attached hydrogen (secondary N) is 1. The molecule has 94 valence electrons. The lowest BCUT2D eigenvalue weighted by atomic mass is 9.88. The van der Waals surface area contributed by atoms with Gasteiger partial charge in [-0.2, -0.15) is 0 Å². The monoisotopic (exact) mass is 244 g/mol. The van der Waals surface area contributed by atoms with Crippen LogP contribution in [0, 0.1) is 0 Å². The van der Waals surface area contributed by atoms with Crippen molar-refractivity contribution in [3.63, 3.8) is 0 Å². The Morgan fingerprint density at radius 3 is 2.78 bits per heavy atom. The van der Waals surface area contributed by atoms with Crippen molar-refractivity contribution in [2.45, 2.75) is 18.8 Å². The number of nitrogens with zero attached hydrogens (tertiary/aromatic N) is 1. The Balaban J connectivity index is 1.84. The van der Waals surface area contributed by atoms with Crippen molar-refractivity contribution in [3.8, 4) is 0 Å². The topological polar surface area (TPSA) is 56.3 Å².